The highest BCUT2D eigenvalue weighted by atomic mass is 19.4. The summed E-state index contributed by atoms with van der Waals surface area (Å²) in [5.74, 6) is 0.119. The molecule has 0 unspecified atom stereocenters. The molecule has 1 aromatic heterocycles. The summed E-state index contributed by atoms with van der Waals surface area (Å²) in [5, 5.41) is 21.7. The Morgan fingerprint density at radius 3 is 2.70 bits per heavy atom. The Hall–Kier alpha value is -2.39. The van der Waals surface area contributed by atoms with Gasteiger partial charge in [0.05, 0.1) is 18.8 Å². The predicted molar refractivity (Wildman–Crippen MR) is 94.3 cm³/mol. The monoisotopic (exact) mass is 382 g/mol. The molecular formula is C18H21F3N4O2. The third-order valence-electron chi connectivity index (χ3n) is 4.43. The van der Waals surface area contributed by atoms with Gasteiger partial charge in [-0.25, -0.2) is 0 Å². The minimum Gasteiger partial charge on any atom is -0.507 e. The fourth-order valence-corrected chi connectivity index (χ4v) is 3.02. The van der Waals surface area contributed by atoms with E-state index in [0.29, 0.717) is 50.3 Å². The van der Waals surface area contributed by atoms with Crippen molar-refractivity contribution in [3.63, 3.8) is 0 Å². The molecule has 4 N–H and O–H groups in total. The highest BCUT2D eigenvalue weighted by Crippen LogP contribution is 2.38. The van der Waals surface area contributed by atoms with Crippen LogP contribution in [0, 0.1) is 0 Å². The maximum atomic E-state index is 12.8. The van der Waals surface area contributed by atoms with Crippen LogP contribution in [0.3, 0.4) is 0 Å². The Bertz CT molecular complexity index is 812. The maximum absolute atomic E-state index is 12.8. The average molecular weight is 382 g/mol. The third-order valence-corrected chi connectivity index (χ3v) is 4.43. The van der Waals surface area contributed by atoms with Gasteiger partial charge >= 0.3 is 6.18 Å². The fraction of sp³-hybridized carbons (Fsp3) is 0.444. The number of nitrogens with zero attached hydrogens (tertiary/aromatic N) is 2. The summed E-state index contributed by atoms with van der Waals surface area (Å²) in [4.78, 5) is 0. The zero-order valence-corrected chi connectivity index (χ0v) is 14.6. The molecule has 0 fully saturated rings. The lowest BCUT2D eigenvalue weighted by Crippen LogP contribution is -2.18. The molecule has 6 nitrogen and oxygen atoms in total. The van der Waals surface area contributed by atoms with Crippen molar-refractivity contribution in [1.82, 2.24) is 10.2 Å². The molecule has 0 atom stereocenters. The van der Waals surface area contributed by atoms with Crippen LogP contribution in [0.1, 0.15) is 29.5 Å². The van der Waals surface area contributed by atoms with Crippen molar-refractivity contribution in [2.45, 2.75) is 32.0 Å². The van der Waals surface area contributed by atoms with Crippen LogP contribution in [-0.2, 0) is 23.9 Å². The quantitative estimate of drug-likeness (QED) is 0.665. The van der Waals surface area contributed by atoms with Gasteiger partial charge in [0.25, 0.3) is 0 Å². The Morgan fingerprint density at radius 2 is 2.00 bits per heavy atom. The molecule has 0 bridgehead atoms. The molecule has 0 saturated heterocycles. The van der Waals surface area contributed by atoms with Crippen LogP contribution >= 0.6 is 0 Å². The number of aromatic nitrogens is 2. The highest BCUT2D eigenvalue weighted by Gasteiger charge is 2.32. The second-order valence-electron chi connectivity index (χ2n) is 6.31. The number of ether oxygens (including phenoxy) is 1. The van der Waals surface area contributed by atoms with Gasteiger partial charge in [-0.05, 0) is 49.6 Å². The number of phenolic OH excluding ortho intramolecular Hbond substituents is 1. The van der Waals surface area contributed by atoms with Crippen LogP contribution in [0.2, 0.25) is 0 Å². The van der Waals surface area contributed by atoms with Gasteiger partial charge in [0.2, 0.25) is 0 Å². The average Bonchev–Trinajstić information content (AvgIpc) is 2.64. The normalized spacial score (nSPS) is 14.1. The molecule has 27 heavy (non-hydrogen) atoms. The second-order valence-corrected chi connectivity index (χ2v) is 6.31. The minimum atomic E-state index is -4.52. The van der Waals surface area contributed by atoms with E-state index in [1.165, 1.54) is 6.07 Å². The largest absolute Gasteiger partial charge is 0.507 e. The van der Waals surface area contributed by atoms with Crippen molar-refractivity contribution >= 4 is 5.82 Å². The van der Waals surface area contributed by atoms with E-state index in [2.05, 4.69) is 15.5 Å². The number of alkyl halides is 3. The SMILES string of the molecule is NCCCCNc1nnc(-c2ccc(C(F)(F)F)cc2O)c2c1COCC2. The second kappa shape index (κ2) is 8.10. The van der Waals surface area contributed by atoms with Crippen molar-refractivity contribution in [2.24, 2.45) is 5.73 Å². The first-order valence-corrected chi connectivity index (χ1v) is 8.72. The van der Waals surface area contributed by atoms with Crippen molar-refractivity contribution in [2.75, 3.05) is 25.0 Å². The topological polar surface area (TPSA) is 93.3 Å². The molecule has 146 valence electrons. The Balaban J connectivity index is 1.95. The molecule has 0 amide bonds. The van der Waals surface area contributed by atoms with E-state index in [0.717, 1.165) is 30.0 Å². The zero-order chi connectivity index (χ0) is 19.4. The molecule has 9 heteroatoms. The molecule has 0 radical (unpaired) electrons. The van der Waals surface area contributed by atoms with Crippen molar-refractivity contribution in [3.8, 4) is 17.0 Å². The van der Waals surface area contributed by atoms with Gasteiger partial charge in [-0.15, -0.1) is 10.2 Å². The molecule has 2 heterocycles. The number of halogens is 3. The van der Waals surface area contributed by atoms with Crippen LogP contribution in [0.4, 0.5) is 19.0 Å². The number of unbranched alkanes of at least 4 members (excludes halogenated alkanes) is 1. The fourth-order valence-electron chi connectivity index (χ4n) is 3.02. The summed E-state index contributed by atoms with van der Waals surface area (Å²) < 4.78 is 44.0. The van der Waals surface area contributed by atoms with E-state index in [1.54, 1.807) is 0 Å². The number of anilines is 1. The number of nitrogens with one attached hydrogen (secondary N) is 1. The van der Waals surface area contributed by atoms with Gasteiger partial charge in [-0.2, -0.15) is 13.2 Å². The number of hydrogen-bond acceptors (Lipinski definition) is 6. The highest BCUT2D eigenvalue weighted by molar-refractivity contribution is 5.73. The summed E-state index contributed by atoms with van der Waals surface area (Å²) in [6.07, 6.45) is -2.21. The number of phenols is 1. The standard InChI is InChI=1S/C18H21F3N4O2/c19-18(20,21)11-3-4-13(15(26)9-11)16-12-5-8-27-10-14(12)17(25-24-16)23-7-2-1-6-22/h3-4,9,26H,1-2,5-8,10,22H2,(H,23,25). The minimum absolute atomic E-state index is 0.225. The number of rotatable bonds is 6. The summed E-state index contributed by atoms with van der Waals surface area (Å²) >= 11 is 0. The van der Waals surface area contributed by atoms with E-state index < -0.39 is 17.5 Å². The lowest BCUT2D eigenvalue weighted by Gasteiger charge is -2.22. The molecule has 0 aliphatic carbocycles. The number of aromatic hydroxyl groups is 1. The lowest BCUT2D eigenvalue weighted by molar-refractivity contribution is -0.137. The maximum Gasteiger partial charge on any atom is 0.416 e. The Labute approximate surface area is 154 Å². The first-order chi connectivity index (χ1) is 12.9. The van der Waals surface area contributed by atoms with Crippen LogP contribution in [0.25, 0.3) is 11.3 Å². The molecule has 1 aliphatic heterocycles. The Kier molecular flexibility index (Phi) is 5.81. The predicted octanol–water partition coefficient (Wildman–Crippen LogP) is 3.09. The van der Waals surface area contributed by atoms with Gasteiger partial charge in [0.1, 0.15) is 11.4 Å². The number of fused-ring (bicyclic) bond motifs is 1. The lowest BCUT2D eigenvalue weighted by atomic mass is 9.96. The van der Waals surface area contributed by atoms with Crippen molar-refractivity contribution < 1.29 is 23.0 Å². The van der Waals surface area contributed by atoms with Crippen LogP contribution in [0.5, 0.6) is 5.75 Å². The van der Waals surface area contributed by atoms with Crippen molar-refractivity contribution in [3.05, 3.63) is 34.9 Å². The molecule has 0 spiro atoms. The van der Waals surface area contributed by atoms with Gasteiger partial charge in [0.15, 0.2) is 5.82 Å². The van der Waals surface area contributed by atoms with E-state index in [1.807, 2.05) is 0 Å². The summed E-state index contributed by atoms with van der Waals surface area (Å²) in [5.41, 5.74) is 6.83. The summed E-state index contributed by atoms with van der Waals surface area (Å²) in [6.45, 7) is 2.10. The molecule has 0 saturated carbocycles. The first-order valence-electron chi connectivity index (χ1n) is 8.72. The Morgan fingerprint density at radius 1 is 1.19 bits per heavy atom. The van der Waals surface area contributed by atoms with Gasteiger partial charge in [0, 0.05) is 17.7 Å². The molecule has 2 aromatic rings. The van der Waals surface area contributed by atoms with Crippen molar-refractivity contribution in [1.29, 1.82) is 0 Å². The van der Waals surface area contributed by atoms with Crippen LogP contribution in [0.15, 0.2) is 18.2 Å². The van der Waals surface area contributed by atoms with Crippen LogP contribution in [-0.4, -0.2) is 35.0 Å². The third kappa shape index (κ3) is 4.30. The van der Waals surface area contributed by atoms with Gasteiger partial charge in [-0.3, -0.25) is 0 Å². The molecule has 1 aliphatic rings. The zero-order valence-electron chi connectivity index (χ0n) is 14.6. The molecular weight excluding hydrogens is 361 g/mol. The smallest absolute Gasteiger partial charge is 0.416 e. The molecule has 1 aromatic carbocycles. The van der Waals surface area contributed by atoms with E-state index in [9.17, 15) is 18.3 Å². The van der Waals surface area contributed by atoms with E-state index in [4.69, 9.17) is 10.5 Å². The summed E-state index contributed by atoms with van der Waals surface area (Å²) in [7, 11) is 0. The number of nitrogens with two attached hydrogens (primary N) is 1. The van der Waals surface area contributed by atoms with E-state index >= 15 is 0 Å². The van der Waals surface area contributed by atoms with E-state index in [-0.39, 0.29) is 5.56 Å². The first kappa shape index (κ1) is 19.4. The summed E-state index contributed by atoms with van der Waals surface area (Å²) in [6, 6.07) is 2.87. The van der Waals surface area contributed by atoms with Gasteiger partial charge < -0.3 is 20.9 Å². The number of hydrogen-bond donors (Lipinski definition) is 3. The van der Waals surface area contributed by atoms with Gasteiger partial charge in [-0.1, -0.05) is 0 Å². The molecule has 3 rings (SSSR count). The van der Waals surface area contributed by atoms with Crippen LogP contribution < -0.4 is 11.1 Å². The number of benzene rings is 1.